The molecule has 0 aromatic heterocycles. The number of rotatable bonds is 30. The minimum Gasteiger partial charge on any atom is -0.508 e. The molecule has 0 aliphatic carbocycles. The highest BCUT2D eigenvalue weighted by Gasteiger charge is 2.41. The van der Waals surface area contributed by atoms with Gasteiger partial charge in [0, 0.05) is 25.8 Å². The number of unbranched alkanes of at least 4 members (excludes halogenated alkanes) is 1. The van der Waals surface area contributed by atoms with Crippen LogP contribution in [-0.4, -0.2) is 181 Å². The molecule has 17 N–H and O–H groups in total. The van der Waals surface area contributed by atoms with Crippen LogP contribution in [0.4, 0.5) is 0 Å². The van der Waals surface area contributed by atoms with E-state index < -0.39 is 133 Å². The van der Waals surface area contributed by atoms with Gasteiger partial charge in [0.1, 0.15) is 60.1 Å². The molecule has 12 atom stereocenters. The Morgan fingerprint density at radius 2 is 1.00 bits per heavy atom. The number of phenolic OH excluding ortho intramolecular Hbond substituents is 1. The second kappa shape index (κ2) is 31.0. The number of nitrogens with two attached hydrogens (primary N) is 2. The van der Waals surface area contributed by atoms with Gasteiger partial charge in [-0.2, -0.15) is 0 Å². The zero-order valence-corrected chi connectivity index (χ0v) is 43.7. The summed E-state index contributed by atoms with van der Waals surface area (Å²) in [5.41, 5.74) is 13.1. The van der Waals surface area contributed by atoms with E-state index in [1.54, 1.807) is 60.7 Å². The van der Waals surface area contributed by atoms with Gasteiger partial charge >= 0.3 is 5.97 Å². The van der Waals surface area contributed by atoms with Crippen LogP contribution in [0.3, 0.4) is 0 Å². The van der Waals surface area contributed by atoms with Crippen molar-refractivity contribution >= 4 is 53.2 Å². The maximum Gasteiger partial charge on any atom is 0.326 e. The molecule has 0 spiro atoms. The minimum atomic E-state index is -1.84. The van der Waals surface area contributed by atoms with Crippen LogP contribution in [0.5, 0.6) is 5.75 Å². The van der Waals surface area contributed by atoms with E-state index in [0.29, 0.717) is 29.5 Å². The third-order valence-corrected chi connectivity index (χ3v) is 12.9. The number of hydrogen-bond donors (Lipinski definition) is 15. The summed E-state index contributed by atoms with van der Waals surface area (Å²) in [6, 6.07) is 9.09. The summed E-state index contributed by atoms with van der Waals surface area (Å²) in [6.07, 6.45) is -4.38. The lowest BCUT2D eigenvalue weighted by atomic mass is 10.0. The topological polar surface area (TPSA) is 414 Å². The number of likely N-dealkylation sites (tertiary alicyclic amines) is 1. The van der Waals surface area contributed by atoms with Gasteiger partial charge in [-0.15, -0.1) is 0 Å². The Bertz CT molecular complexity index is 2490. The molecule has 1 aliphatic heterocycles. The average molecular weight is 1090 g/mol. The van der Waals surface area contributed by atoms with Crippen molar-refractivity contribution in [3.8, 4) is 5.75 Å². The van der Waals surface area contributed by atoms with E-state index in [1.165, 1.54) is 43.0 Å². The van der Waals surface area contributed by atoms with Gasteiger partial charge in [0.05, 0.1) is 24.9 Å². The Balaban J connectivity index is 1.50. The van der Waals surface area contributed by atoms with Crippen LogP contribution in [0.15, 0.2) is 84.9 Å². The largest absolute Gasteiger partial charge is 0.508 e. The van der Waals surface area contributed by atoms with Crippen molar-refractivity contribution in [1.29, 1.82) is 0 Å². The van der Waals surface area contributed by atoms with Crippen LogP contribution in [-0.2, 0) is 62.4 Å². The number of carbonyl (C=O) groups excluding carboxylic acids is 8. The van der Waals surface area contributed by atoms with E-state index in [9.17, 15) is 73.8 Å². The molecule has 0 unspecified atom stereocenters. The molecular weight excluding hydrogens is 1020 g/mol. The van der Waals surface area contributed by atoms with E-state index in [1.807, 2.05) is 0 Å². The van der Waals surface area contributed by atoms with Crippen molar-refractivity contribution < 1.29 is 73.8 Å². The van der Waals surface area contributed by atoms with Crippen molar-refractivity contribution in [2.45, 2.75) is 145 Å². The maximum absolute atomic E-state index is 14.1. The van der Waals surface area contributed by atoms with Crippen LogP contribution < -0.4 is 48.7 Å². The Morgan fingerprint density at radius 3 is 1.51 bits per heavy atom. The number of aliphatic carboxylic acids is 1. The molecule has 3 aromatic carbocycles. The number of carbonyl (C=O) groups is 9. The fourth-order valence-electron chi connectivity index (χ4n) is 8.56. The summed E-state index contributed by atoms with van der Waals surface area (Å²) in [5, 5.41) is 78.9. The van der Waals surface area contributed by atoms with Crippen LogP contribution >= 0.6 is 0 Å². The highest BCUT2D eigenvalue weighted by molar-refractivity contribution is 5.98. The number of benzene rings is 3. The minimum absolute atomic E-state index is 0.000454. The molecule has 3 aromatic rings. The summed E-state index contributed by atoms with van der Waals surface area (Å²) in [5.74, 6) is -9.14. The second-order valence-electron chi connectivity index (χ2n) is 19.3. The first-order chi connectivity index (χ1) is 37.0. The zero-order chi connectivity index (χ0) is 57.6. The number of aliphatic hydroxyl groups is 4. The van der Waals surface area contributed by atoms with Crippen molar-refractivity contribution in [1.82, 2.24) is 42.1 Å². The second-order valence-corrected chi connectivity index (χ2v) is 19.3. The molecule has 1 heterocycles. The smallest absolute Gasteiger partial charge is 0.326 e. The predicted octanol–water partition coefficient (Wildman–Crippen LogP) is -3.52. The van der Waals surface area contributed by atoms with Gasteiger partial charge < -0.3 is 84.2 Å². The van der Waals surface area contributed by atoms with Crippen molar-refractivity contribution in [3.63, 3.8) is 0 Å². The van der Waals surface area contributed by atoms with E-state index in [4.69, 9.17) is 11.5 Å². The molecule has 0 saturated carbocycles. The molecule has 1 aliphatic rings. The average Bonchev–Trinajstić information content (AvgIpc) is 3.91. The van der Waals surface area contributed by atoms with Gasteiger partial charge in [0.25, 0.3) is 0 Å². The quantitative estimate of drug-likeness (QED) is 0.0288. The third-order valence-electron chi connectivity index (χ3n) is 12.9. The number of phenols is 1. The molecule has 0 bridgehead atoms. The van der Waals surface area contributed by atoms with E-state index >= 15 is 0 Å². The SMILES string of the molecule is C[C@@H](O)[C@H](NC(=O)[C@H](CCCCN)NC(=O)[C@@H](NC(=O)[C@@H](NC(=O)[C@@H]1CCCN1C(=O)[C@H](Cc1ccccc1)NC(=O)[C@@H](N)CO)[C@@H](C)O)[C@@H](C)O)C(=O)N[C@@H](Cc1ccc(O)cc1)C(=O)N[C@@H](Cc1ccccc1)C(=O)O. The first-order valence-electron chi connectivity index (χ1n) is 25.7. The third kappa shape index (κ3) is 19.2. The van der Waals surface area contributed by atoms with Crippen LogP contribution in [0.25, 0.3) is 0 Å². The molecule has 4 rings (SSSR count). The van der Waals surface area contributed by atoms with Crippen LogP contribution in [0.1, 0.15) is 69.6 Å². The lowest BCUT2D eigenvalue weighted by Crippen LogP contribution is -2.63. The summed E-state index contributed by atoms with van der Waals surface area (Å²) in [7, 11) is 0. The highest BCUT2D eigenvalue weighted by Crippen LogP contribution is 2.21. The number of aromatic hydroxyl groups is 1. The zero-order valence-electron chi connectivity index (χ0n) is 43.7. The molecule has 1 fully saturated rings. The van der Waals surface area contributed by atoms with Crippen LogP contribution in [0, 0.1) is 0 Å². The number of amides is 8. The van der Waals surface area contributed by atoms with E-state index in [2.05, 4.69) is 37.2 Å². The molecular formula is C53H74N10O15. The molecule has 78 heavy (non-hydrogen) atoms. The van der Waals surface area contributed by atoms with Crippen LogP contribution in [0.2, 0.25) is 0 Å². The number of hydrogen-bond acceptors (Lipinski definition) is 16. The summed E-state index contributed by atoms with van der Waals surface area (Å²) >= 11 is 0. The number of nitrogens with zero attached hydrogens (tertiary/aromatic N) is 1. The van der Waals surface area contributed by atoms with E-state index in [0.717, 1.165) is 6.92 Å². The molecule has 25 nitrogen and oxygen atoms in total. The lowest BCUT2D eigenvalue weighted by molar-refractivity contribution is -0.143. The number of carboxylic acid groups (broad SMARTS) is 1. The molecule has 0 radical (unpaired) electrons. The number of carboxylic acids is 1. The monoisotopic (exact) mass is 1090 g/mol. The standard InChI is InChI=1S/C53H74N10O15/c1-29(65)42(50(74)57-38(25-34-19-21-35(68)22-20-34)47(71)59-40(53(77)78)27-33-15-8-5-9-16-33)60-46(70)37(17-10-11-23-54)56-49(73)43(30(2)66)62-51(75)44(31(3)67)61-48(72)41-18-12-24-63(41)52(76)39(58-45(69)36(55)28-64)26-32-13-6-4-7-14-32/h4-9,13-16,19-22,29-31,36-44,64-68H,10-12,17-18,23-28,54-55H2,1-3H3,(H,56,73)(H,57,74)(H,58,69)(H,59,71)(H,60,70)(H,61,72)(H,62,75)(H,77,78)/t29-,30-,31-,36+,37+,38+,39+,40+,41+,42+,43+,44+/m1/s1. The first-order valence-corrected chi connectivity index (χ1v) is 25.7. The molecule has 426 valence electrons. The lowest BCUT2D eigenvalue weighted by Gasteiger charge is -2.31. The van der Waals surface area contributed by atoms with Gasteiger partial charge in [0.15, 0.2) is 0 Å². The Labute approximate surface area is 451 Å². The Hall–Kier alpha value is -7.55. The van der Waals surface area contributed by atoms with E-state index in [-0.39, 0.29) is 57.4 Å². The predicted molar refractivity (Wildman–Crippen MR) is 281 cm³/mol. The first kappa shape index (κ1) is 63.0. The van der Waals surface area contributed by atoms with Gasteiger partial charge in [-0.3, -0.25) is 38.4 Å². The number of aliphatic hydroxyl groups excluding tert-OH is 4. The van der Waals surface area contributed by atoms with Gasteiger partial charge in [-0.05, 0) is 88.2 Å². The summed E-state index contributed by atoms with van der Waals surface area (Å²) < 4.78 is 0. The Kier molecular flexibility index (Phi) is 25.0. The molecule has 8 amide bonds. The fourth-order valence-corrected chi connectivity index (χ4v) is 8.56. The summed E-state index contributed by atoms with van der Waals surface area (Å²) in [6.45, 7) is 3.03. The molecule has 25 heteroatoms. The van der Waals surface area contributed by atoms with Gasteiger partial charge in [0.2, 0.25) is 47.3 Å². The number of nitrogens with one attached hydrogen (secondary N) is 7. The van der Waals surface area contributed by atoms with Gasteiger partial charge in [-0.1, -0.05) is 72.8 Å². The highest BCUT2D eigenvalue weighted by atomic mass is 16.4. The molecule has 1 saturated heterocycles. The summed E-state index contributed by atoms with van der Waals surface area (Å²) in [4.78, 5) is 124. The Morgan fingerprint density at radius 1 is 0.564 bits per heavy atom. The normalized spacial score (nSPS) is 17.4. The van der Waals surface area contributed by atoms with Crippen molar-refractivity contribution in [2.24, 2.45) is 11.5 Å². The van der Waals surface area contributed by atoms with Crippen molar-refractivity contribution in [2.75, 3.05) is 19.7 Å². The fraction of sp³-hybridized carbons (Fsp3) is 0.491. The maximum atomic E-state index is 14.1. The van der Waals surface area contributed by atoms with Gasteiger partial charge in [-0.25, -0.2) is 4.79 Å². The van der Waals surface area contributed by atoms with Crippen molar-refractivity contribution in [3.05, 3.63) is 102 Å².